The van der Waals surface area contributed by atoms with Gasteiger partial charge < -0.3 is 9.47 Å². The number of allylic oxidation sites excluding steroid dienone is 1. The molecule has 90 valence electrons. The summed E-state index contributed by atoms with van der Waals surface area (Å²) in [5.74, 6) is 0.357. The Bertz CT molecular complexity index is 396. The van der Waals surface area contributed by atoms with Crippen LogP contribution in [0.1, 0.15) is 5.56 Å². The number of rotatable bonds is 7. The van der Waals surface area contributed by atoms with Crippen molar-refractivity contribution in [2.75, 3.05) is 13.2 Å². The monoisotopic (exact) mass is 232 g/mol. The molecule has 0 aliphatic heterocycles. The molecule has 0 aliphatic carbocycles. The number of hydrogen-bond donors (Lipinski definition) is 0. The molecule has 0 saturated heterocycles. The molecule has 0 aliphatic rings. The number of para-hydroxylation sites is 1. The third-order valence-corrected chi connectivity index (χ3v) is 2.09. The van der Waals surface area contributed by atoms with Gasteiger partial charge in [0.2, 0.25) is 0 Å². The average Bonchev–Trinajstić information content (AvgIpc) is 2.36. The molecule has 0 radical (unpaired) electrons. The lowest BCUT2D eigenvalue weighted by Crippen LogP contribution is -2.10. The molecule has 0 unspecified atom stereocenters. The summed E-state index contributed by atoms with van der Waals surface area (Å²) >= 11 is 0. The van der Waals surface area contributed by atoms with Crippen LogP contribution >= 0.6 is 0 Å². The zero-order valence-corrected chi connectivity index (χ0v) is 9.72. The van der Waals surface area contributed by atoms with E-state index >= 15 is 0 Å². The van der Waals surface area contributed by atoms with Crippen LogP contribution in [0.15, 0.2) is 49.6 Å². The van der Waals surface area contributed by atoms with Gasteiger partial charge in [-0.3, -0.25) is 0 Å². The summed E-state index contributed by atoms with van der Waals surface area (Å²) in [5.41, 5.74) is 1.07. The van der Waals surface area contributed by atoms with Crippen molar-refractivity contribution in [2.45, 2.75) is 6.42 Å². The summed E-state index contributed by atoms with van der Waals surface area (Å²) in [7, 11) is 0. The minimum atomic E-state index is -0.437. The summed E-state index contributed by atoms with van der Waals surface area (Å²) in [4.78, 5) is 10.8. The van der Waals surface area contributed by atoms with Crippen LogP contribution in [-0.4, -0.2) is 19.2 Å². The molecule has 0 N–H and O–H groups in total. The predicted octanol–water partition coefficient (Wildman–Crippen LogP) is 2.52. The van der Waals surface area contributed by atoms with E-state index in [1.807, 2.05) is 30.3 Å². The number of carbonyl (C=O) groups is 1. The van der Waals surface area contributed by atoms with Gasteiger partial charge in [0.15, 0.2) is 0 Å². The Morgan fingerprint density at radius 3 is 2.71 bits per heavy atom. The molecule has 17 heavy (non-hydrogen) atoms. The molecule has 1 aromatic rings. The summed E-state index contributed by atoms with van der Waals surface area (Å²) < 4.78 is 10.3. The molecule has 0 bridgehead atoms. The maximum absolute atomic E-state index is 10.8. The highest BCUT2D eigenvalue weighted by Crippen LogP contribution is 2.18. The third kappa shape index (κ3) is 4.55. The first-order chi connectivity index (χ1) is 8.27. The Kier molecular flexibility index (Phi) is 5.58. The van der Waals surface area contributed by atoms with Gasteiger partial charge in [-0.05, 0) is 18.1 Å². The van der Waals surface area contributed by atoms with Crippen molar-refractivity contribution >= 4 is 5.97 Å². The largest absolute Gasteiger partial charge is 0.490 e. The summed E-state index contributed by atoms with van der Waals surface area (Å²) in [5, 5.41) is 0. The summed E-state index contributed by atoms with van der Waals surface area (Å²) in [6, 6.07) is 7.71. The van der Waals surface area contributed by atoms with Gasteiger partial charge in [-0.2, -0.15) is 0 Å². The van der Waals surface area contributed by atoms with Gasteiger partial charge in [0, 0.05) is 6.08 Å². The number of carbonyl (C=O) groups excluding carboxylic acids is 1. The highest BCUT2D eigenvalue weighted by atomic mass is 16.6. The highest BCUT2D eigenvalue weighted by Gasteiger charge is 2.01. The van der Waals surface area contributed by atoms with Crippen LogP contribution in [-0.2, 0) is 16.0 Å². The van der Waals surface area contributed by atoms with Gasteiger partial charge >= 0.3 is 5.97 Å². The van der Waals surface area contributed by atoms with E-state index in [2.05, 4.69) is 13.2 Å². The van der Waals surface area contributed by atoms with Crippen molar-refractivity contribution in [3.63, 3.8) is 0 Å². The van der Waals surface area contributed by atoms with Crippen molar-refractivity contribution in [1.82, 2.24) is 0 Å². The second kappa shape index (κ2) is 7.28. The Morgan fingerprint density at radius 1 is 1.24 bits per heavy atom. The Labute approximate surface area is 101 Å². The van der Waals surface area contributed by atoms with Gasteiger partial charge in [0.1, 0.15) is 19.0 Å². The van der Waals surface area contributed by atoms with Crippen molar-refractivity contribution < 1.29 is 14.3 Å². The molecule has 0 aromatic heterocycles. The first kappa shape index (κ1) is 13.0. The molecule has 0 atom stereocenters. The van der Waals surface area contributed by atoms with Gasteiger partial charge in [-0.25, -0.2) is 4.79 Å². The second-order valence-electron chi connectivity index (χ2n) is 3.32. The van der Waals surface area contributed by atoms with Gasteiger partial charge in [-0.15, -0.1) is 6.58 Å². The Morgan fingerprint density at radius 2 is 2.00 bits per heavy atom. The summed E-state index contributed by atoms with van der Waals surface area (Å²) in [6.45, 7) is 7.54. The van der Waals surface area contributed by atoms with Crippen LogP contribution in [0.25, 0.3) is 0 Å². The fourth-order valence-corrected chi connectivity index (χ4v) is 1.32. The zero-order chi connectivity index (χ0) is 12.5. The maximum atomic E-state index is 10.8. The molecule has 0 amide bonds. The van der Waals surface area contributed by atoms with Crippen molar-refractivity contribution in [1.29, 1.82) is 0 Å². The lowest BCUT2D eigenvalue weighted by atomic mass is 10.1. The Hall–Kier alpha value is -2.03. The van der Waals surface area contributed by atoms with Gasteiger partial charge in [0.05, 0.1) is 0 Å². The number of ether oxygens (including phenoxy) is 2. The Balaban J connectivity index is 2.43. The van der Waals surface area contributed by atoms with E-state index in [0.717, 1.165) is 23.8 Å². The van der Waals surface area contributed by atoms with Gasteiger partial charge in [0.25, 0.3) is 0 Å². The fraction of sp³-hybridized carbons (Fsp3) is 0.214. The van der Waals surface area contributed by atoms with Crippen molar-refractivity contribution in [2.24, 2.45) is 0 Å². The SMILES string of the molecule is C=CCc1ccccc1OCCOC(=O)C=C. The topological polar surface area (TPSA) is 35.5 Å². The number of hydrogen-bond acceptors (Lipinski definition) is 3. The standard InChI is InChI=1S/C14H16O3/c1-3-7-12-8-5-6-9-13(12)16-10-11-17-14(15)4-2/h3-6,8-9H,1-2,7,10-11H2. The molecule has 1 rings (SSSR count). The normalized spacial score (nSPS) is 9.41. The molecule has 3 nitrogen and oxygen atoms in total. The van der Waals surface area contributed by atoms with E-state index in [1.165, 1.54) is 0 Å². The quantitative estimate of drug-likeness (QED) is 0.313. The lowest BCUT2D eigenvalue weighted by Gasteiger charge is -2.10. The third-order valence-electron chi connectivity index (χ3n) is 2.09. The van der Waals surface area contributed by atoms with Crippen molar-refractivity contribution in [3.05, 3.63) is 55.1 Å². The van der Waals surface area contributed by atoms with E-state index in [9.17, 15) is 4.79 Å². The molecule has 3 heteroatoms. The minimum absolute atomic E-state index is 0.216. The van der Waals surface area contributed by atoms with E-state index < -0.39 is 5.97 Å². The van der Waals surface area contributed by atoms with E-state index in [1.54, 1.807) is 0 Å². The molecule has 0 fully saturated rings. The van der Waals surface area contributed by atoms with E-state index in [-0.39, 0.29) is 6.61 Å². The molecule has 0 heterocycles. The van der Waals surface area contributed by atoms with Crippen LogP contribution in [0, 0.1) is 0 Å². The zero-order valence-electron chi connectivity index (χ0n) is 9.72. The maximum Gasteiger partial charge on any atom is 0.330 e. The first-order valence-corrected chi connectivity index (χ1v) is 5.38. The lowest BCUT2D eigenvalue weighted by molar-refractivity contribution is -0.138. The van der Waals surface area contributed by atoms with Gasteiger partial charge in [-0.1, -0.05) is 30.9 Å². The van der Waals surface area contributed by atoms with E-state index in [4.69, 9.17) is 9.47 Å². The fourth-order valence-electron chi connectivity index (χ4n) is 1.32. The second-order valence-corrected chi connectivity index (χ2v) is 3.32. The number of benzene rings is 1. The molecular weight excluding hydrogens is 216 g/mol. The van der Waals surface area contributed by atoms with Crippen LogP contribution in [0.4, 0.5) is 0 Å². The van der Waals surface area contributed by atoms with Crippen LogP contribution in [0.5, 0.6) is 5.75 Å². The predicted molar refractivity (Wildman–Crippen MR) is 67.0 cm³/mol. The molecular formula is C14H16O3. The van der Waals surface area contributed by atoms with Crippen molar-refractivity contribution in [3.8, 4) is 5.75 Å². The molecule has 1 aromatic carbocycles. The molecule has 0 saturated carbocycles. The smallest absolute Gasteiger partial charge is 0.330 e. The average molecular weight is 232 g/mol. The molecule has 0 spiro atoms. The van der Waals surface area contributed by atoms with Crippen LogP contribution < -0.4 is 4.74 Å². The minimum Gasteiger partial charge on any atom is -0.490 e. The summed E-state index contributed by atoms with van der Waals surface area (Å²) in [6.07, 6.45) is 3.70. The van der Waals surface area contributed by atoms with Crippen LogP contribution in [0.2, 0.25) is 0 Å². The van der Waals surface area contributed by atoms with Crippen LogP contribution in [0.3, 0.4) is 0 Å². The van der Waals surface area contributed by atoms with E-state index in [0.29, 0.717) is 6.61 Å². The number of esters is 1. The first-order valence-electron chi connectivity index (χ1n) is 5.38. The highest BCUT2D eigenvalue weighted by molar-refractivity contribution is 5.81.